The number of nitrogens with zero attached hydrogens (tertiary/aromatic N) is 2. The van der Waals surface area contributed by atoms with Crippen molar-refractivity contribution < 1.29 is 4.39 Å². The third-order valence-electron chi connectivity index (χ3n) is 3.94. The van der Waals surface area contributed by atoms with Crippen molar-refractivity contribution in [3.63, 3.8) is 0 Å². The molecule has 0 spiro atoms. The standard InChI is InChI=1S/C21H29FN4.HI/c1-5-23-21(25-14-18-9-10-20(22)16(2)11-18)24-13-17-7-6-8-19(12-17)15-26(3)4;/h6-12H,5,13-15H2,1-4H3,(H2,23,24,25);1H. The fraction of sp³-hybridized carbons (Fsp3) is 0.381. The fourth-order valence-corrected chi connectivity index (χ4v) is 2.71. The Bertz CT molecular complexity index is 747. The molecular weight excluding hydrogens is 454 g/mol. The van der Waals surface area contributed by atoms with Crippen molar-refractivity contribution in [3.05, 3.63) is 70.5 Å². The molecule has 2 rings (SSSR count). The molecule has 0 heterocycles. The molecule has 0 fully saturated rings. The van der Waals surface area contributed by atoms with Crippen LogP contribution in [0.3, 0.4) is 0 Å². The summed E-state index contributed by atoms with van der Waals surface area (Å²) in [5, 5.41) is 6.56. The van der Waals surface area contributed by atoms with Crippen molar-refractivity contribution in [2.24, 2.45) is 4.99 Å². The molecule has 0 saturated heterocycles. The lowest BCUT2D eigenvalue weighted by Gasteiger charge is -2.13. The minimum atomic E-state index is -0.174. The monoisotopic (exact) mass is 484 g/mol. The van der Waals surface area contributed by atoms with Gasteiger partial charge in [-0.3, -0.25) is 0 Å². The first-order valence-electron chi connectivity index (χ1n) is 8.97. The van der Waals surface area contributed by atoms with Crippen LogP contribution in [0.5, 0.6) is 0 Å². The van der Waals surface area contributed by atoms with E-state index >= 15 is 0 Å². The number of guanidine groups is 1. The second-order valence-electron chi connectivity index (χ2n) is 6.69. The van der Waals surface area contributed by atoms with E-state index in [9.17, 15) is 4.39 Å². The summed E-state index contributed by atoms with van der Waals surface area (Å²) in [5.74, 6) is 0.583. The highest BCUT2D eigenvalue weighted by Gasteiger charge is 2.02. The van der Waals surface area contributed by atoms with E-state index in [-0.39, 0.29) is 29.8 Å². The van der Waals surface area contributed by atoms with Crippen LogP contribution in [0.4, 0.5) is 4.39 Å². The van der Waals surface area contributed by atoms with Gasteiger partial charge in [0.1, 0.15) is 5.82 Å². The highest BCUT2D eigenvalue weighted by Crippen LogP contribution is 2.10. The zero-order chi connectivity index (χ0) is 18.9. The van der Waals surface area contributed by atoms with E-state index < -0.39 is 0 Å². The Balaban J connectivity index is 0.00000364. The minimum Gasteiger partial charge on any atom is -0.357 e. The molecule has 2 aromatic rings. The molecule has 0 aromatic heterocycles. The molecule has 0 saturated carbocycles. The SMILES string of the molecule is CCNC(=NCc1cccc(CN(C)C)c1)NCc1ccc(F)c(C)c1.I. The lowest BCUT2D eigenvalue weighted by atomic mass is 10.1. The van der Waals surface area contributed by atoms with Gasteiger partial charge in [0.15, 0.2) is 5.96 Å². The molecule has 0 atom stereocenters. The van der Waals surface area contributed by atoms with Gasteiger partial charge in [-0.1, -0.05) is 36.4 Å². The summed E-state index contributed by atoms with van der Waals surface area (Å²) < 4.78 is 13.4. The highest BCUT2D eigenvalue weighted by molar-refractivity contribution is 14.0. The molecule has 0 unspecified atom stereocenters. The number of rotatable bonds is 7. The molecule has 148 valence electrons. The van der Waals surface area contributed by atoms with E-state index in [1.807, 2.05) is 13.0 Å². The number of aryl methyl sites for hydroxylation is 1. The zero-order valence-corrected chi connectivity index (χ0v) is 18.9. The second-order valence-corrected chi connectivity index (χ2v) is 6.69. The molecule has 4 nitrogen and oxygen atoms in total. The van der Waals surface area contributed by atoms with Gasteiger partial charge >= 0.3 is 0 Å². The molecular formula is C21H30FIN4. The number of nitrogens with one attached hydrogen (secondary N) is 2. The molecule has 2 N–H and O–H groups in total. The van der Waals surface area contributed by atoms with E-state index in [1.165, 1.54) is 17.2 Å². The van der Waals surface area contributed by atoms with Crippen LogP contribution in [0.15, 0.2) is 47.5 Å². The predicted octanol–water partition coefficient (Wildman–Crippen LogP) is 4.07. The largest absolute Gasteiger partial charge is 0.357 e. The molecule has 0 aliphatic carbocycles. The van der Waals surface area contributed by atoms with Gasteiger partial charge in [0.05, 0.1) is 6.54 Å². The van der Waals surface area contributed by atoms with E-state index in [4.69, 9.17) is 0 Å². The number of aliphatic imine (C=N–C) groups is 1. The van der Waals surface area contributed by atoms with Crippen LogP contribution in [0.25, 0.3) is 0 Å². The Morgan fingerprint density at radius 2 is 1.78 bits per heavy atom. The van der Waals surface area contributed by atoms with Crippen LogP contribution >= 0.6 is 24.0 Å². The summed E-state index contributed by atoms with van der Waals surface area (Å²) in [6, 6.07) is 13.7. The maximum absolute atomic E-state index is 13.4. The number of hydrogen-bond acceptors (Lipinski definition) is 2. The van der Waals surface area contributed by atoms with Crippen LogP contribution in [0.2, 0.25) is 0 Å². The van der Waals surface area contributed by atoms with Crippen molar-refractivity contribution in [3.8, 4) is 0 Å². The van der Waals surface area contributed by atoms with Gasteiger partial charge < -0.3 is 15.5 Å². The van der Waals surface area contributed by atoms with Crippen molar-refractivity contribution in [1.82, 2.24) is 15.5 Å². The number of halogens is 2. The van der Waals surface area contributed by atoms with Gasteiger partial charge in [-0.2, -0.15) is 0 Å². The Morgan fingerprint density at radius 1 is 1.04 bits per heavy atom. The van der Waals surface area contributed by atoms with Gasteiger partial charge in [-0.25, -0.2) is 9.38 Å². The summed E-state index contributed by atoms with van der Waals surface area (Å²) in [4.78, 5) is 6.82. The Labute approximate surface area is 179 Å². The van der Waals surface area contributed by atoms with Gasteiger partial charge in [0.2, 0.25) is 0 Å². The molecule has 2 aromatic carbocycles. The molecule has 6 heteroatoms. The topological polar surface area (TPSA) is 39.7 Å². The van der Waals surface area contributed by atoms with E-state index in [1.54, 1.807) is 13.0 Å². The summed E-state index contributed by atoms with van der Waals surface area (Å²) in [6.45, 7) is 6.73. The maximum atomic E-state index is 13.4. The van der Waals surface area contributed by atoms with Gasteiger partial charge in [0, 0.05) is 19.6 Å². The van der Waals surface area contributed by atoms with Crippen LogP contribution in [0, 0.1) is 12.7 Å². The lowest BCUT2D eigenvalue weighted by Crippen LogP contribution is -2.36. The van der Waals surface area contributed by atoms with Crippen molar-refractivity contribution in [2.45, 2.75) is 33.5 Å². The maximum Gasteiger partial charge on any atom is 0.191 e. The highest BCUT2D eigenvalue weighted by atomic mass is 127. The van der Waals surface area contributed by atoms with Crippen LogP contribution < -0.4 is 10.6 Å². The average Bonchev–Trinajstić information content (AvgIpc) is 2.60. The van der Waals surface area contributed by atoms with Gasteiger partial charge in [0.25, 0.3) is 0 Å². The number of benzene rings is 2. The van der Waals surface area contributed by atoms with Crippen molar-refractivity contribution in [2.75, 3.05) is 20.6 Å². The summed E-state index contributed by atoms with van der Waals surface area (Å²) in [6.07, 6.45) is 0. The van der Waals surface area contributed by atoms with Crippen LogP contribution in [-0.4, -0.2) is 31.5 Å². The Morgan fingerprint density at radius 3 is 2.44 bits per heavy atom. The molecule has 0 amide bonds. The van der Waals surface area contributed by atoms with E-state index in [0.717, 1.165) is 24.6 Å². The van der Waals surface area contributed by atoms with E-state index in [0.29, 0.717) is 18.7 Å². The third kappa shape index (κ3) is 8.26. The predicted molar refractivity (Wildman–Crippen MR) is 122 cm³/mol. The first-order chi connectivity index (χ1) is 12.5. The summed E-state index contributed by atoms with van der Waals surface area (Å²) >= 11 is 0. The van der Waals surface area contributed by atoms with Crippen LogP contribution in [-0.2, 0) is 19.6 Å². The third-order valence-corrected chi connectivity index (χ3v) is 3.94. The van der Waals surface area contributed by atoms with Gasteiger partial charge in [-0.15, -0.1) is 24.0 Å². The normalized spacial score (nSPS) is 11.3. The van der Waals surface area contributed by atoms with Crippen molar-refractivity contribution in [1.29, 1.82) is 0 Å². The molecule has 27 heavy (non-hydrogen) atoms. The molecule has 0 aliphatic heterocycles. The second kappa shape index (κ2) is 11.9. The summed E-state index contributed by atoms with van der Waals surface area (Å²) in [5.41, 5.74) is 4.15. The quantitative estimate of drug-likeness (QED) is 0.354. The van der Waals surface area contributed by atoms with Gasteiger partial charge in [-0.05, 0) is 56.3 Å². The fourth-order valence-electron chi connectivity index (χ4n) is 2.71. The average molecular weight is 484 g/mol. The molecule has 0 radical (unpaired) electrons. The van der Waals surface area contributed by atoms with Crippen molar-refractivity contribution >= 4 is 29.9 Å². The Hall–Kier alpha value is -1.67. The molecule has 0 bridgehead atoms. The Kier molecular flexibility index (Phi) is 10.3. The summed E-state index contributed by atoms with van der Waals surface area (Å²) in [7, 11) is 4.13. The minimum absolute atomic E-state index is 0. The molecule has 0 aliphatic rings. The van der Waals surface area contributed by atoms with Crippen LogP contribution in [0.1, 0.15) is 29.2 Å². The first-order valence-corrected chi connectivity index (χ1v) is 8.97. The first kappa shape index (κ1) is 23.4. The zero-order valence-electron chi connectivity index (χ0n) is 16.6. The van der Waals surface area contributed by atoms with E-state index in [2.05, 4.69) is 58.9 Å². The number of hydrogen-bond donors (Lipinski definition) is 2. The lowest BCUT2D eigenvalue weighted by molar-refractivity contribution is 0.402. The smallest absolute Gasteiger partial charge is 0.191 e.